The molecule has 1 fully saturated rings. The Morgan fingerprint density at radius 3 is 2.88 bits per heavy atom. The summed E-state index contributed by atoms with van der Waals surface area (Å²) in [6.45, 7) is 4.11. The molecule has 2 aromatic heterocycles. The van der Waals surface area contributed by atoms with E-state index in [0.29, 0.717) is 0 Å². The number of amides is 1. The minimum Gasteiger partial charge on any atom is -0.355 e. The van der Waals surface area contributed by atoms with Crippen molar-refractivity contribution in [2.75, 3.05) is 18.0 Å². The van der Waals surface area contributed by atoms with Crippen LogP contribution in [0.3, 0.4) is 0 Å². The van der Waals surface area contributed by atoms with Gasteiger partial charge in [-0.05, 0) is 49.7 Å². The normalized spacial score (nSPS) is 21.0. The molecule has 3 heterocycles. The molecule has 0 saturated carbocycles. The van der Waals surface area contributed by atoms with Gasteiger partial charge in [0.15, 0.2) is 0 Å². The average molecular weight is 356 g/mol. The van der Waals surface area contributed by atoms with Gasteiger partial charge in [0.2, 0.25) is 0 Å². The first-order chi connectivity index (χ1) is 12.2. The largest absolute Gasteiger partial charge is 0.355 e. The third kappa shape index (κ3) is 3.68. The zero-order valence-electron chi connectivity index (χ0n) is 14.6. The summed E-state index contributed by atoms with van der Waals surface area (Å²) in [7, 11) is 0. The molecule has 1 saturated heterocycles. The van der Waals surface area contributed by atoms with Gasteiger partial charge >= 0.3 is 0 Å². The van der Waals surface area contributed by atoms with E-state index in [2.05, 4.69) is 33.2 Å². The van der Waals surface area contributed by atoms with Gasteiger partial charge in [0, 0.05) is 36.4 Å². The Labute approximate surface area is 152 Å². The van der Waals surface area contributed by atoms with Crippen molar-refractivity contribution < 1.29 is 4.79 Å². The van der Waals surface area contributed by atoms with Gasteiger partial charge in [0.1, 0.15) is 5.82 Å². The number of nitrogens with one attached hydrogen (secondary N) is 1. The second-order valence-corrected chi connectivity index (χ2v) is 8.34. The summed E-state index contributed by atoms with van der Waals surface area (Å²) >= 11 is 1.69. The number of nitrogens with zero attached hydrogens (tertiary/aromatic N) is 3. The van der Waals surface area contributed by atoms with Crippen LogP contribution in [0.2, 0.25) is 0 Å². The molecule has 1 atom stereocenters. The second kappa shape index (κ2) is 7.12. The standard InChI is InChI=1S/C19H24N4OS/c1-13-2-3-16-14(10-13)11-17(25-16)19(24)22-15-4-8-23(9-5-15)18-12-20-6-7-21-18/h6-7,11-13,15H,2-5,8-10H2,1H3,(H,22,24)/t13-/m1/s1. The molecule has 25 heavy (non-hydrogen) atoms. The molecule has 1 aliphatic carbocycles. The van der Waals surface area contributed by atoms with Crippen molar-refractivity contribution in [3.63, 3.8) is 0 Å². The van der Waals surface area contributed by atoms with E-state index in [1.165, 1.54) is 16.9 Å². The van der Waals surface area contributed by atoms with Crippen LogP contribution in [0.25, 0.3) is 0 Å². The van der Waals surface area contributed by atoms with E-state index >= 15 is 0 Å². The number of fused-ring (bicyclic) bond motifs is 1. The lowest BCUT2D eigenvalue weighted by molar-refractivity contribution is 0.0935. The number of aryl methyl sites for hydroxylation is 1. The maximum absolute atomic E-state index is 12.6. The van der Waals surface area contributed by atoms with Crippen LogP contribution in [0, 0.1) is 5.92 Å². The zero-order valence-corrected chi connectivity index (χ0v) is 15.4. The van der Waals surface area contributed by atoms with Crippen molar-refractivity contribution in [3.05, 3.63) is 40.0 Å². The quantitative estimate of drug-likeness (QED) is 0.918. The fraction of sp³-hybridized carbons (Fsp3) is 0.526. The van der Waals surface area contributed by atoms with Gasteiger partial charge in [-0.1, -0.05) is 6.92 Å². The van der Waals surface area contributed by atoms with E-state index in [4.69, 9.17) is 0 Å². The highest BCUT2D eigenvalue weighted by Crippen LogP contribution is 2.32. The van der Waals surface area contributed by atoms with Crippen LogP contribution in [-0.4, -0.2) is 35.0 Å². The van der Waals surface area contributed by atoms with E-state index in [9.17, 15) is 4.79 Å². The first-order valence-electron chi connectivity index (χ1n) is 9.12. The number of carbonyl (C=O) groups is 1. The highest BCUT2D eigenvalue weighted by Gasteiger charge is 2.24. The molecule has 5 nitrogen and oxygen atoms in total. The SMILES string of the molecule is C[C@@H]1CCc2sc(C(=O)NC3CCN(c4cnccn4)CC3)cc2C1. The number of hydrogen-bond donors (Lipinski definition) is 1. The lowest BCUT2D eigenvalue weighted by Crippen LogP contribution is -2.44. The summed E-state index contributed by atoms with van der Waals surface area (Å²) in [5.74, 6) is 1.76. The van der Waals surface area contributed by atoms with Gasteiger partial charge in [-0.2, -0.15) is 0 Å². The van der Waals surface area contributed by atoms with Crippen LogP contribution in [-0.2, 0) is 12.8 Å². The molecule has 2 aromatic rings. The van der Waals surface area contributed by atoms with Crippen LogP contribution in [0.5, 0.6) is 0 Å². The number of anilines is 1. The molecule has 0 unspecified atom stereocenters. The Hall–Kier alpha value is -1.95. The smallest absolute Gasteiger partial charge is 0.261 e. The van der Waals surface area contributed by atoms with Gasteiger partial charge in [0.05, 0.1) is 11.1 Å². The number of rotatable bonds is 3. The van der Waals surface area contributed by atoms with Crippen molar-refractivity contribution in [1.29, 1.82) is 0 Å². The number of carbonyl (C=O) groups excluding carboxylic acids is 1. The number of thiophene rings is 1. The van der Waals surface area contributed by atoms with Crippen LogP contribution < -0.4 is 10.2 Å². The van der Waals surface area contributed by atoms with E-state index in [1.807, 2.05) is 0 Å². The molecule has 2 aliphatic rings. The van der Waals surface area contributed by atoms with Crippen LogP contribution >= 0.6 is 11.3 Å². The van der Waals surface area contributed by atoms with Gasteiger partial charge in [0.25, 0.3) is 5.91 Å². The molecular weight excluding hydrogens is 332 g/mol. The predicted molar refractivity (Wildman–Crippen MR) is 100 cm³/mol. The van der Waals surface area contributed by atoms with Gasteiger partial charge in [-0.15, -0.1) is 11.3 Å². The lowest BCUT2D eigenvalue weighted by Gasteiger charge is -2.32. The Bertz CT molecular complexity index is 737. The summed E-state index contributed by atoms with van der Waals surface area (Å²) in [5.41, 5.74) is 1.39. The molecule has 1 aliphatic heterocycles. The monoisotopic (exact) mass is 356 g/mol. The van der Waals surface area contributed by atoms with Crippen LogP contribution in [0.15, 0.2) is 24.7 Å². The maximum atomic E-state index is 12.6. The van der Waals surface area contributed by atoms with Crippen LogP contribution in [0.4, 0.5) is 5.82 Å². The molecule has 132 valence electrons. The molecule has 0 radical (unpaired) electrons. The molecule has 0 spiro atoms. The van der Waals surface area contributed by atoms with E-state index < -0.39 is 0 Å². The third-order valence-electron chi connectivity index (χ3n) is 5.26. The fourth-order valence-corrected chi connectivity index (χ4v) is 4.89. The zero-order chi connectivity index (χ0) is 17.2. The third-order valence-corrected chi connectivity index (χ3v) is 6.49. The Kier molecular flexibility index (Phi) is 4.70. The van der Waals surface area contributed by atoms with E-state index in [0.717, 1.165) is 55.4 Å². The molecule has 4 rings (SSSR count). The summed E-state index contributed by atoms with van der Waals surface area (Å²) in [6, 6.07) is 2.37. The maximum Gasteiger partial charge on any atom is 0.261 e. The Morgan fingerprint density at radius 2 is 2.12 bits per heavy atom. The van der Waals surface area contributed by atoms with Crippen molar-refractivity contribution in [3.8, 4) is 0 Å². The molecule has 0 aromatic carbocycles. The molecular formula is C19H24N4OS. The minimum atomic E-state index is 0.102. The van der Waals surface area contributed by atoms with Crippen molar-refractivity contribution in [2.45, 2.75) is 45.1 Å². The van der Waals surface area contributed by atoms with Gasteiger partial charge < -0.3 is 10.2 Å². The minimum absolute atomic E-state index is 0.102. The van der Waals surface area contributed by atoms with Crippen LogP contribution in [0.1, 0.15) is 46.3 Å². The average Bonchev–Trinajstić information content (AvgIpc) is 3.06. The second-order valence-electron chi connectivity index (χ2n) is 7.21. The van der Waals surface area contributed by atoms with Crippen molar-refractivity contribution in [1.82, 2.24) is 15.3 Å². The molecule has 1 amide bonds. The highest BCUT2D eigenvalue weighted by molar-refractivity contribution is 7.14. The predicted octanol–water partition coefficient (Wildman–Crippen LogP) is 3.06. The van der Waals surface area contributed by atoms with Gasteiger partial charge in [-0.25, -0.2) is 4.98 Å². The first-order valence-corrected chi connectivity index (χ1v) is 9.94. The Balaban J connectivity index is 1.33. The fourth-order valence-electron chi connectivity index (χ4n) is 3.78. The lowest BCUT2D eigenvalue weighted by atomic mass is 9.90. The van der Waals surface area contributed by atoms with Crippen molar-refractivity contribution in [2.24, 2.45) is 5.92 Å². The molecule has 1 N–H and O–H groups in total. The number of piperidine rings is 1. The molecule has 0 bridgehead atoms. The summed E-state index contributed by atoms with van der Waals surface area (Å²) in [4.78, 5) is 25.7. The number of aromatic nitrogens is 2. The van der Waals surface area contributed by atoms with E-state index in [1.54, 1.807) is 29.9 Å². The van der Waals surface area contributed by atoms with E-state index in [-0.39, 0.29) is 11.9 Å². The first kappa shape index (κ1) is 16.5. The molecule has 6 heteroatoms. The summed E-state index contributed by atoms with van der Waals surface area (Å²) < 4.78 is 0. The topological polar surface area (TPSA) is 58.1 Å². The Morgan fingerprint density at radius 1 is 1.28 bits per heavy atom. The van der Waals surface area contributed by atoms with Gasteiger partial charge in [-0.3, -0.25) is 9.78 Å². The summed E-state index contributed by atoms with van der Waals surface area (Å²) in [6.07, 6.45) is 10.6. The highest BCUT2D eigenvalue weighted by atomic mass is 32.1. The number of hydrogen-bond acceptors (Lipinski definition) is 5. The van der Waals surface area contributed by atoms with Crippen molar-refractivity contribution >= 4 is 23.1 Å². The summed E-state index contributed by atoms with van der Waals surface area (Å²) in [5, 5.41) is 3.24.